The summed E-state index contributed by atoms with van der Waals surface area (Å²) in [5.41, 5.74) is 3.88. The number of carbonyl (C=O) groups excluding carboxylic acids is 1. The molecule has 0 radical (unpaired) electrons. The summed E-state index contributed by atoms with van der Waals surface area (Å²) >= 11 is 0. The topological polar surface area (TPSA) is 98.2 Å². The van der Waals surface area contributed by atoms with Crippen molar-refractivity contribution in [1.82, 2.24) is 24.8 Å². The van der Waals surface area contributed by atoms with Crippen molar-refractivity contribution in [3.63, 3.8) is 0 Å². The Morgan fingerprint density at radius 2 is 2.06 bits per heavy atom. The fraction of sp³-hybridized carbons (Fsp3) is 0.385. The van der Waals surface area contributed by atoms with E-state index in [2.05, 4.69) is 38.7 Å². The van der Waals surface area contributed by atoms with Gasteiger partial charge in [-0.2, -0.15) is 0 Å². The molecule has 0 unspecified atom stereocenters. The van der Waals surface area contributed by atoms with Crippen molar-refractivity contribution >= 4 is 33.7 Å². The third-order valence-corrected chi connectivity index (χ3v) is 6.54. The van der Waals surface area contributed by atoms with E-state index in [-0.39, 0.29) is 18.4 Å². The number of piperidine rings is 1. The molecule has 8 heteroatoms. The van der Waals surface area contributed by atoms with E-state index in [0.717, 1.165) is 46.5 Å². The zero-order chi connectivity index (χ0) is 23.9. The number of amides is 1. The molecule has 1 fully saturated rings. The van der Waals surface area contributed by atoms with Gasteiger partial charge >= 0.3 is 0 Å². The highest BCUT2D eigenvalue weighted by atomic mass is 16.3. The number of H-pyrrole nitrogens is 1. The van der Waals surface area contributed by atoms with E-state index in [4.69, 9.17) is 0 Å². The van der Waals surface area contributed by atoms with Crippen molar-refractivity contribution in [2.75, 3.05) is 31.6 Å². The van der Waals surface area contributed by atoms with E-state index < -0.39 is 5.60 Å². The van der Waals surface area contributed by atoms with Crippen LogP contribution in [0.2, 0.25) is 0 Å². The van der Waals surface area contributed by atoms with Crippen molar-refractivity contribution in [1.29, 1.82) is 0 Å². The van der Waals surface area contributed by atoms with E-state index in [1.165, 1.54) is 0 Å². The number of hydrogen-bond acceptors (Lipinski definition) is 6. The number of carbonyl (C=O) groups is 1. The number of likely N-dealkylation sites (N-methyl/N-ethyl adjacent to an activating group) is 1. The lowest BCUT2D eigenvalue weighted by Crippen LogP contribution is -2.54. The van der Waals surface area contributed by atoms with Gasteiger partial charge in [-0.1, -0.05) is 13.8 Å². The number of aromatic amines is 1. The van der Waals surface area contributed by atoms with Crippen LogP contribution in [0.1, 0.15) is 48.8 Å². The van der Waals surface area contributed by atoms with E-state index >= 15 is 0 Å². The maximum Gasteiger partial charge on any atom is 0.253 e. The van der Waals surface area contributed by atoms with Gasteiger partial charge in [0.25, 0.3) is 5.91 Å². The minimum absolute atomic E-state index is 0.121. The molecule has 8 nitrogen and oxygen atoms in total. The summed E-state index contributed by atoms with van der Waals surface area (Å²) < 4.78 is 0. The third kappa shape index (κ3) is 4.21. The van der Waals surface area contributed by atoms with Gasteiger partial charge in [-0.15, -0.1) is 0 Å². The van der Waals surface area contributed by atoms with Crippen LogP contribution < -0.4 is 4.90 Å². The number of β-amino-alcohol motifs (C(OH)–C–C–N with tert-alkyl or cyclic N) is 1. The summed E-state index contributed by atoms with van der Waals surface area (Å²) in [5.74, 6) is 1.07. The van der Waals surface area contributed by atoms with E-state index in [0.29, 0.717) is 18.5 Å². The maximum absolute atomic E-state index is 13.2. The average Bonchev–Trinajstić information content (AvgIpc) is 3.27. The Balaban J connectivity index is 1.33. The number of nitrogens with zero attached hydrogens (tertiary/aromatic N) is 5. The van der Waals surface area contributed by atoms with E-state index in [1.54, 1.807) is 30.4 Å². The molecule has 0 spiro atoms. The van der Waals surface area contributed by atoms with Crippen LogP contribution >= 0.6 is 0 Å². The number of anilines is 1. The summed E-state index contributed by atoms with van der Waals surface area (Å²) in [7, 11) is 1.75. The van der Waals surface area contributed by atoms with Crippen LogP contribution in [0, 0.1) is 0 Å². The lowest BCUT2D eigenvalue weighted by Gasteiger charge is -2.42. The second-order valence-electron chi connectivity index (χ2n) is 9.62. The monoisotopic (exact) mass is 458 g/mol. The van der Waals surface area contributed by atoms with Crippen molar-refractivity contribution in [3.05, 3.63) is 60.2 Å². The quantitative estimate of drug-likeness (QED) is 0.473. The Labute approximate surface area is 198 Å². The number of nitrogens with one attached hydrogen (secondary N) is 1. The first-order valence-corrected chi connectivity index (χ1v) is 11.8. The molecule has 0 aliphatic carbocycles. The van der Waals surface area contributed by atoms with Crippen LogP contribution in [0.4, 0.5) is 5.69 Å². The molecule has 1 aliphatic rings. The lowest BCUT2D eigenvalue weighted by atomic mass is 9.91. The molecule has 0 saturated carbocycles. The summed E-state index contributed by atoms with van der Waals surface area (Å²) in [6, 6.07) is 11.3. The summed E-state index contributed by atoms with van der Waals surface area (Å²) in [5, 5.41) is 11.5. The predicted molar refractivity (Wildman–Crippen MR) is 133 cm³/mol. The normalized spacial score (nSPS) is 18.7. The van der Waals surface area contributed by atoms with Crippen LogP contribution in [-0.4, -0.2) is 68.1 Å². The molecular weight excluding hydrogens is 428 g/mol. The van der Waals surface area contributed by atoms with Gasteiger partial charge in [0.2, 0.25) is 0 Å². The fourth-order valence-electron chi connectivity index (χ4n) is 4.84. The number of benzene rings is 1. The van der Waals surface area contributed by atoms with Gasteiger partial charge in [0.05, 0.1) is 34.4 Å². The SMILES string of the molecule is CC(C)c1nc2ccc(C(=O)N(C)C[C@]3(O)CCCN(c4ccnc5cccnc45)C3)cc2[nH]1. The minimum atomic E-state index is -1.02. The van der Waals surface area contributed by atoms with Gasteiger partial charge < -0.3 is 19.9 Å². The Bertz CT molecular complexity index is 1340. The highest BCUT2D eigenvalue weighted by Gasteiger charge is 2.36. The van der Waals surface area contributed by atoms with Crippen molar-refractivity contribution in [2.45, 2.75) is 38.2 Å². The second-order valence-corrected chi connectivity index (χ2v) is 9.62. The van der Waals surface area contributed by atoms with Crippen LogP contribution in [-0.2, 0) is 0 Å². The molecule has 1 saturated heterocycles. The van der Waals surface area contributed by atoms with Gasteiger partial charge in [-0.3, -0.25) is 14.8 Å². The van der Waals surface area contributed by atoms with Crippen LogP contribution in [0.25, 0.3) is 22.1 Å². The third-order valence-electron chi connectivity index (χ3n) is 6.54. The maximum atomic E-state index is 13.2. The van der Waals surface area contributed by atoms with E-state index in [1.807, 2.05) is 30.3 Å². The first kappa shape index (κ1) is 22.3. The van der Waals surface area contributed by atoms with Crippen LogP contribution in [0.15, 0.2) is 48.8 Å². The molecule has 3 aromatic heterocycles. The van der Waals surface area contributed by atoms with Crippen molar-refractivity contribution in [3.8, 4) is 0 Å². The largest absolute Gasteiger partial charge is 0.386 e. The molecular formula is C26H30N6O2. The first-order chi connectivity index (χ1) is 16.3. The average molecular weight is 459 g/mol. The number of pyridine rings is 2. The molecule has 1 aromatic carbocycles. The van der Waals surface area contributed by atoms with Crippen LogP contribution in [0.3, 0.4) is 0 Å². The predicted octanol–water partition coefficient (Wildman–Crippen LogP) is 3.73. The van der Waals surface area contributed by atoms with Gasteiger partial charge in [-0.05, 0) is 49.2 Å². The summed E-state index contributed by atoms with van der Waals surface area (Å²) in [6.07, 6.45) is 5.00. The number of imidazole rings is 1. The Hall–Kier alpha value is -3.52. The Morgan fingerprint density at radius 1 is 1.21 bits per heavy atom. The standard InChI is InChI=1S/C26H30N6O2/c1-17(2)24-29-19-8-7-18(14-21(19)30-24)25(33)31(3)15-26(34)10-5-13-32(16-26)22-9-12-27-20-6-4-11-28-23(20)22/h4,6-9,11-12,14,17,34H,5,10,13,15-16H2,1-3H3,(H,29,30)/t26-/m1/s1. The second kappa shape index (κ2) is 8.68. The highest BCUT2D eigenvalue weighted by Crippen LogP contribution is 2.30. The summed E-state index contributed by atoms with van der Waals surface area (Å²) in [6.45, 7) is 5.66. The molecule has 1 atom stereocenters. The molecule has 1 aliphatic heterocycles. The zero-order valence-electron chi connectivity index (χ0n) is 19.8. The van der Waals surface area contributed by atoms with Crippen LogP contribution in [0.5, 0.6) is 0 Å². The first-order valence-electron chi connectivity index (χ1n) is 11.8. The van der Waals surface area contributed by atoms with Crippen molar-refractivity contribution in [2.24, 2.45) is 0 Å². The number of rotatable bonds is 5. The smallest absolute Gasteiger partial charge is 0.253 e. The molecule has 4 heterocycles. The molecule has 0 bridgehead atoms. The molecule has 4 aromatic rings. The Morgan fingerprint density at radius 3 is 2.88 bits per heavy atom. The molecule has 2 N–H and O–H groups in total. The van der Waals surface area contributed by atoms with Gasteiger partial charge in [0, 0.05) is 44.0 Å². The van der Waals surface area contributed by atoms with Gasteiger partial charge in [0.15, 0.2) is 0 Å². The summed E-state index contributed by atoms with van der Waals surface area (Å²) in [4.78, 5) is 33.8. The molecule has 1 amide bonds. The number of fused-ring (bicyclic) bond motifs is 2. The number of hydrogen-bond donors (Lipinski definition) is 2. The minimum Gasteiger partial charge on any atom is -0.386 e. The molecule has 5 rings (SSSR count). The van der Waals surface area contributed by atoms with Gasteiger partial charge in [0.1, 0.15) is 11.3 Å². The molecule has 176 valence electrons. The number of aromatic nitrogens is 4. The van der Waals surface area contributed by atoms with E-state index in [9.17, 15) is 9.90 Å². The van der Waals surface area contributed by atoms with Gasteiger partial charge in [-0.25, -0.2) is 4.98 Å². The Kier molecular flexibility index (Phi) is 5.69. The number of aliphatic hydroxyl groups is 1. The lowest BCUT2D eigenvalue weighted by molar-refractivity contribution is 0.0000673. The molecule has 34 heavy (non-hydrogen) atoms. The van der Waals surface area contributed by atoms with Crippen molar-refractivity contribution < 1.29 is 9.90 Å². The highest BCUT2D eigenvalue weighted by molar-refractivity contribution is 5.97. The zero-order valence-corrected chi connectivity index (χ0v) is 19.8. The fourth-order valence-corrected chi connectivity index (χ4v) is 4.84.